The molecular weight excluding hydrogens is 331 g/mol. The van der Waals surface area contributed by atoms with Crippen LogP contribution in [0.25, 0.3) is 6.08 Å². The molecule has 0 spiro atoms. The molecule has 128 valence electrons. The third-order valence-electron chi connectivity index (χ3n) is 3.96. The Bertz CT molecular complexity index is 699. The van der Waals surface area contributed by atoms with Crippen LogP contribution in [0.4, 0.5) is 14.9 Å². The van der Waals surface area contributed by atoms with E-state index in [4.69, 9.17) is 4.74 Å². The second kappa shape index (κ2) is 6.94. The van der Waals surface area contributed by atoms with Gasteiger partial charge in [0.05, 0.1) is 23.8 Å². The van der Waals surface area contributed by atoms with Crippen LogP contribution in [-0.2, 0) is 9.53 Å². The van der Waals surface area contributed by atoms with Crippen molar-refractivity contribution in [1.29, 1.82) is 0 Å². The van der Waals surface area contributed by atoms with Gasteiger partial charge in [0.25, 0.3) is 11.1 Å². The highest BCUT2D eigenvalue weighted by molar-refractivity contribution is 8.18. The van der Waals surface area contributed by atoms with Crippen LogP contribution in [0.1, 0.15) is 19.4 Å². The average molecular weight is 350 g/mol. The van der Waals surface area contributed by atoms with E-state index in [0.717, 1.165) is 11.8 Å². The summed E-state index contributed by atoms with van der Waals surface area (Å²) in [4.78, 5) is 27.6. The molecule has 2 saturated heterocycles. The first-order valence-corrected chi connectivity index (χ1v) is 8.68. The summed E-state index contributed by atoms with van der Waals surface area (Å²) in [5.41, 5.74) is 1.10. The zero-order chi connectivity index (χ0) is 17.3. The predicted molar refractivity (Wildman–Crippen MR) is 92.4 cm³/mol. The fourth-order valence-corrected chi connectivity index (χ4v) is 3.71. The molecule has 0 N–H and O–H groups in total. The Balaban J connectivity index is 1.82. The standard InChI is InChI=1S/C17H19FN2O3S/c1-11(2)20-16(21)15(24-17(20)22)10-12-3-4-14(13(18)9-12)19-5-7-23-8-6-19/h3-4,9-11H,5-8H2,1-2H3/b15-10-. The fourth-order valence-electron chi connectivity index (χ4n) is 2.75. The lowest BCUT2D eigenvalue weighted by Gasteiger charge is -2.29. The number of hydrogen-bond acceptors (Lipinski definition) is 5. The number of imide groups is 1. The molecule has 2 aliphatic rings. The van der Waals surface area contributed by atoms with E-state index in [1.807, 2.05) is 4.90 Å². The first-order chi connectivity index (χ1) is 11.5. The summed E-state index contributed by atoms with van der Waals surface area (Å²) in [6, 6.07) is 4.67. The van der Waals surface area contributed by atoms with Gasteiger partial charge in [0, 0.05) is 19.1 Å². The first kappa shape index (κ1) is 17.0. The van der Waals surface area contributed by atoms with Gasteiger partial charge in [0.1, 0.15) is 5.82 Å². The Morgan fingerprint density at radius 2 is 1.96 bits per heavy atom. The number of ether oxygens (including phenoxy) is 1. The van der Waals surface area contributed by atoms with Crippen LogP contribution in [-0.4, -0.2) is 48.4 Å². The molecule has 2 fully saturated rings. The van der Waals surface area contributed by atoms with Crippen LogP contribution in [0.3, 0.4) is 0 Å². The number of thioether (sulfide) groups is 1. The number of anilines is 1. The summed E-state index contributed by atoms with van der Waals surface area (Å²) in [5, 5.41) is -0.286. The highest BCUT2D eigenvalue weighted by Crippen LogP contribution is 2.34. The molecule has 5 nitrogen and oxygen atoms in total. The minimum absolute atomic E-state index is 0.191. The first-order valence-electron chi connectivity index (χ1n) is 7.86. The summed E-state index contributed by atoms with van der Waals surface area (Å²) in [6.45, 7) is 6.06. The number of rotatable bonds is 3. The molecule has 0 atom stereocenters. The van der Waals surface area contributed by atoms with Gasteiger partial charge >= 0.3 is 0 Å². The van der Waals surface area contributed by atoms with Gasteiger partial charge in [-0.15, -0.1) is 0 Å². The molecule has 0 unspecified atom stereocenters. The number of benzene rings is 1. The molecular formula is C17H19FN2O3S. The lowest BCUT2D eigenvalue weighted by molar-refractivity contribution is -0.123. The van der Waals surface area contributed by atoms with Gasteiger partial charge in [-0.05, 0) is 49.4 Å². The number of carbonyl (C=O) groups is 2. The SMILES string of the molecule is CC(C)N1C(=O)S/C(=C\c2ccc(N3CCOCC3)c(F)c2)C1=O. The number of morpholine rings is 1. The van der Waals surface area contributed by atoms with Crippen molar-refractivity contribution < 1.29 is 18.7 Å². The van der Waals surface area contributed by atoms with Crippen molar-refractivity contribution in [2.24, 2.45) is 0 Å². The third-order valence-corrected chi connectivity index (χ3v) is 4.84. The monoisotopic (exact) mass is 350 g/mol. The molecule has 0 saturated carbocycles. The molecule has 1 aromatic carbocycles. The van der Waals surface area contributed by atoms with Crippen molar-refractivity contribution in [3.63, 3.8) is 0 Å². The minimum Gasteiger partial charge on any atom is -0.378 e. The highest BCUT2D eigenvalue weighted by Gasteiger charge is 2.36. The Kier molecular flexibility index (Phi) is 4.91. The maximum Gasteiger partial charge on any atom is 0.293 e. The summed E-state index contributed by atoms with van der Waals surface area (Å²) in [6.07, 6.45) is 1.57. The van der Waals surface area contributed by atoms with E-state index in [1.54, 1.807) is 32.1 Å². The van der Waals surface area contributed by atoms with E-state index in [9.17, 15) is 14.0 Å². The summed E-state index contributed by atoms with van der Waals surface area (Å²) in [7, 11) is 0. The average Bonchev–Trinajstić information content (AvgIpc) is 2.82. The highest BCUT2D eigenvalue weighted by atomic mass is 32.2. The number of carbonyl (C=O) groups excluding carboxylic acids is 2. The molecule has 1 aromatic rings. The Morgan fingerprint density at radius 1 is 1.25 bits per heavy atom. The quantitative estimate of drug-likeness (QED) is 0.784. The van der Waals surface area contributed by atoms with Crippen LogP contribution in [0.15, 0.2) is 23.1 Å². The molecule has 24 heavy (non-hydrogen) atoms. The van der Waals surface area contributed by atoms with E-state index in [2.05, 4.69) is 0 Å². The summed E-state index contributed by atoms with van der Waals surface area (Å²) < 4.78 is 19.7. The van der Waals surface area contributed by atoms with Crippen molar-refractivity contribution in [2.45, 2.75) is 19.9 Å². The third kappa shape index (κ3) is 3.32. The van der Waals surface area contributed by atoms with E-state index >= 15 is 0 Å². The number of hydrogen-bond donors (Lipinski definition) is 0. The Hall–Kier alpha value is -1.86. The number of halogens is 1. The zero-order valence-electron chi connectivity index (χ0n) is 13.6. The van der Waals surface area contributed by atoms with E-state index < -0.39 is 0 Å². The molecule has 2 amide bonds. The largest absolute Gasteiger partial charge is 0.378 e. The lowest BCUT2D eigenvalue weighted by atomic mass is 10.1. The van der Waals surface area contributed by atoms with Crippen molar-refractivity contribution in [3.05, 3.63) is 34.5 Å². The van der Waals surface area contributed by atoms with Gasteiger partial charge in [-0.3, -0.25) is 14.5 Å². The maximum absolute atomic E-state index is 14.4. The summed E-state index contributed by atoms with van der Waals surface area (Å²) >= 11 is 0.892. The van der Waals surface area contributed by atoms with Crippen molar-refractivity contribution in [2.75, 3.05) is 31.2 Å². The van der Waals surface area contributed by atoms with Crippen LogP contribution < -0.4 is 4.90 Å². The van der Waals surface area contributed by atoms with Crippen molar-refractivity contribution in [3.8, 4) is 0 Å². The van der Waals surface area contributed by atoms with Crippen LogP contribution in [0.2, 0.25) is 0 Å². The van der Waals surface area contributed by atoms with Gasteiger partial charge in [-0.1, -0.05) is 6.07 Å². The smallest absolute Gasteiger partial charge is 0.293 e. The van der Waals surface area contributed by atoms with Crippen molar-refractivity contribution >= 4 is 34.7 Å². The van der Waals surface area contributed by atoms with Gasteiger partial charge in [0.2, 0.25) is 0 Å². The second-order valence-electron chi connectivity index (χ2n) is 5.96. The maximum atomic E-state index is 14.4. The molecule has 2 aliphatic heterocycles. The van der Waals surface area contributed by atoms with Gasteiger partial charge in [-0.2, -0.15) is 0 Å². The van der Waals surface area contributed by atoms with E-state index in [-0.39, 0.29) is 23.0 Å². The molecule has 0 bridgehead atoms. The zero-order valence-corrected chi connectivity index (χ0v) is 14.4. The van der Waals surface area contributed by atoms with E-state index in [0.29, 0.717) is 42.5 Å². The lowest BCUT2D eigenvalue weighted by Crippen LogP contribution is -2.36. The van der Waals surface area contributed by atoms with E-state index in [1.165, 1.54) is 11.0 Å². The minimum atomic E-state index is -0.339. The van der Waals surface area contributed by atoms with Crippen molar-refractivity contribution in [1.82, 2.24) is 4.90 Å². The fraction of sp³-hybridized carbons (Fsp3) is 0.412. The topological polar surface area (TPSA) is 49.9 Å². The normalized spacial score (nSPS) is 20.6. The number of amides is 2. The van der Waals surface area contributed by atoms with Gasteiger partial charge in [-0.25, -0.2) is 4.39 Å². The molecule has 0 radical (unpaired) electrons. The second-order valence-corrected chi connectivity index (χ2v) is 6.95. The van der Waals surface area contributed by atoms with Gasteiger partial charge < -0.3 is 9.64 Å². The Labute approximate surface area is 144 Å². The van der Waals surface area contributed by atoms with Gasteiger partial charge in [0.15, 0.2) is 0 Å². The molecule has 3 rings (SSSR count). The molecule has 2 heterocycles. The molecule has 0 aromatic heterocycles. The summed E-state index contributed by atoms with van der Waals surface area (Å²) in [5.74, 6) is -0.661. The molecule has 0 aliphatic carbocycles. The van der Waals surface area contributed by atoms with Crippen LogP contribution >= 0.6 is 11.8 Å². The number of nitrogens with zero attached hydrogens (tertiary/aromatic N) is 2. The van der Waals surface area contributed by atoms with Crippen LogP contribution in [0, 0.1) is 5.82 Å². The predicted octanol–water partition coefficient (Wildman–Crippen LogP) is 3.11. The van der Waals surface area contributed by atoms with Crippen LogP contribution in [0.5, 0.6) is 0 Å². The Morgan fingerprint density at radius 3 is 2.54 bits per heavy atom. The molecule has 7 heteroatoms.